The third-order valence-electron chi connectivity index (χ3n) is 5.32. The van der Waals surface area contributed by atoms with Gasteiger partial charge in [-0.25, -0.2) is 0 Å². The minimum absolute atomic E-state index is 0. The molecule has 0 heterocycles. The number of halogens is 1. The molecule has 208 valence electrons. The van der Waals surface area contributed by atoms with Crippen molar-refractivity contribution in [3.63, 3.8) is 0 Å². The third-order valence-corrected chi connectivity index (χ3v) is 5.32. The first kappa shape index (κ1) is 45.4. The molecule has 3 nitrogen and oxygen atoms in total. The van der Waals surface area contributed by atoms with E-state index in [4.69, 9.17) is 0 Å². The molecular formula is C30H63ClNNaO2. The smallest absolute Gasteiger partial charge is 0.550 e. The topological polar surface area (TPSA) is 43.4 Å². The molecule has 0 saturated heterocycles. The average Bonchev–Trinajstić information content (AvgIpc) is 2.75. The standard InChI is InChI=1S/C23H46.C4H8O2.C3H9N.ClH.Na/c1-3-5-7-9-11-13-15-17-19-21-23-22-20-18-16-14-12-10-8-6-4-2;1-2-3-4(5)6;1-4(2)3;;/h17,19H,3-16,18,20-23H2,1-2H3;2-3H2,1H3,(H,5,6);1-3H3;1H;/q;;;;+1/p-1/b19-17-;;;;. The van der Waals surface area contributed by atoms with E-state index in [0.29, 0.717) is 6.42 Å². The summed E-state index contributed by atoms with van der Waals surface area (Å²) < 4.78 is 0. The monoisotopic (exact) mass is 527 g/mol. The van der Waals surface area contributed by atoms with Crippen LogP contribution in [0.1, 0.15) is 156 Å². The molecule has 0 radical (unpaired) electrons. The fourth-order valence-electron chi connectivity index (χ4n) is 3.41. The second-order valence-corrected chi connectivity index (χ2v) is 9.82. The predicted molar refractivity (Wildman–Crippen MR) is 155 cm³/mol. The molecule has 0 aromatic carbocycles. The van der Waals surface area contributed by atoms with Gasteiger partial charge in [0.05, 0.1) is 0 Å². The maximum atomic E-state index is 9.49. The van der Waals surface area contributed by atoms with Gasteiger partial charge in [0.15, 0.2) is 0 Å². The van der Waals surface area contributed by atoms with Crippen LogP contribution in [0.2, 0.25) is 0 Å². The van der Waals surface area contributed by atoms with Crippen LogP contribution in [0.3, 0.4) is 0 Å². The molecule has 0 saturated carbocycles. The first-order chi connectivity index (χ1) is 15.9. The van der Waals surface area contributed by atoms with E-state index < -0.39 is 5.97 Å². The molecule has 0 aromatic rings. The molecule has 0 unspecified atom stereocenters. The Balaban J connectivity index is -0.000000210. The van der Waals surface area contributed by atoms with Gasteiger partial charge in [-0.15, -0.1) is 12.4 Å². The number of carbonyl (C=O) groups excluding carboxylic acids is 1. The molecule has 0 aliphatic heterocycles. The van der Waals surface area contributed by atoms with Crippen molar-refractivity contribution < 1.29 is 39.5 Å². The first-order valence-corrected chi connectivity index (χ1v) is 14.4. The fraction of sp³-hybridized carbons (Fsp3) is 0.900. The maximum absolute atomic E-state index is 9.49. The number of carboxylic acids is 1. The van der Waals surface area contributed by atoms with Crippen LogP contribution in [0.5, 0.6) is 0 Å². The van der Waals surface area contributed by atoms with E-state index in [1.807, 2.05) is 26.0 Å². The van der Waals surface area contributed by atoms with Gasteiger partial charge in [0.1, 0.15) is 0 Å². The van der Waals surface area contributed by atoms with E-state index in [0.717, 1.165) is 0 Å². The first-order valence-electron chi connectivity index (χ1n) is 14.4. The number of nitrogens with zero attached hydrogens (tertiary/aromatic N) is 1. The minimum Gasteiger partial charge on any atom is -0.550 e. The largest absolute Gasteiger partial charge is 1.00 e. The summed E-state index contributed by atoms with van der Waals surface area (Å²) in [6.45, 7) is 6.39. The Kier molecular flexibility index (Phi) is 57.6. The van der Waals surface area contributed by atoms with Crippen LogP contribution >= 0.6 is 12.4 Å². The number of hydrogen-bond acceptors (Lipinski definition) is 3. The number of unbranched alkanes of at least 4 members (excludes halogenated alkanes) is 17. The van der Waals surface area contributed by atoms with Gasteiger partial charge in [-0.3, -0.25) is 0 Å². The van der Waals surface area contributed by atoms with E-state index in [-0.39, 0.29) is 48.4 Å². The Labute approximate surface area is 250 Å². The van der Waals surface area contributed by atoms with Crippen LogP contribution in [-0.4, -0.2) is 32.0 Å². The van der Waals surface area contributed by atoms with Crippen molar-refractivity contribution in [1.82, 2.24) is 4.90 Å². The quantitative estimate of drug-likeness (QED) is 0.102. The van der Waals surface area contributed by atoms with Crippen LogP contribution in [0.25, 0.3) is 0 Å². The Morgan fingerprint density at radius 3 is 1.03 bits per heavy atom. The Morgan fingerprint density at radius 1 is 0.571 bits per heavy atom. The van der Waals surface area contributed by atoms with E-state index in [9.17, 15) is 9.90 Å². The van der Waals surface area contributed by atoms with Gasteiger partial charge >= 0.3 is 29.6 Å². The molecule has 0 aliphatic rings. The van der Waals surface area contributed by atoms with Crippen molar-refractivity contribution in [1.29, 1.82) is 0 Å². The fourth-order valence-corrected chi connectivity index (χ4v) is 3.41. The summed E-state index contributed by atoms with van der Waals surface area (Å²) >= 11 is 0. The molecule has 0 spiro atoms. The summed E-state index contributed by atoms with van der Waals surface area (Å²) in [6.07, 6.45) is 32.8. The third kappa shape index (κ3) is 66.0. The van der Waals surface area contributed by atoms with Crippen molar-refractivity contribution in [3.8, 4) is 0 Å². The van der Waals surface area contributed by atoms with Crippen molar-refractivity contribution in [2.45, 2.75) is 156 Å². The van der Waals surface area contributed by atoms with Gasteiger partial charge in [-0.1, -0.05) is 136 Å². The zero-order chi connectivity index (χ0) is 25.4. The molecule has 0 N–H and O–H groups in total. The van der Waals surface area contributed by atoms with Crippen LogP contribution in [0.4, 0.5) is 0 Å². The summed E-state index contributed by atoms with van der Waals surface area (Å²) in [4.78, 5) is 11.5. The van der Waals surface area contributed by atoms with Gasteiger partial charge in [0.2, 0.25) is 0 Å². The van der Waals surface area contributed by atoms with Gasteiger partial charge in [0.25, 0.3) is 0 Å². The second-order valence-electron chi connectivity index (χ2n) is 9.82. The number of hydrogen-bond donors (Lipinski definition) is 0. The zero-order valence-electron chi connectivity index (χ0n) is 25.2. The molecule has 0 amide bonds. The van der Waals surface area contributed by atoms with Gasteiger partial charge in [-0.05, 0) is 53.2 Å². The number of carbonyl (C=O) groups is 1. The summed E-state index contributed by atoms with van der Waals surface area (Å²) in [5.74, 6) is -0.961. The summed E-state index contributed by atoms with van der Waals surface area (Å²) in [6, 6.07) is 0. The van der Waals surface area contributed by atoms with E-state index in [1.54, 1.807) is 6.92 Å². The summed E-state index contributed by atoms with van der Waals surface area (Å²) in [7, 11) is 6.00. The van der Waals surface area contributed by atoms with E-state index in [2.05, 4.69) is 26.0 Å². The number of aliphatic carboxylic acids is 1. The zero-order valence-corrected chi connectivity index (χ0v) is 28.0. The summed E-state index contributed by atoms with van der Waals surface area (Å²) in [5.41, 5.74) is 0. The summed E-state index contributed by atoms with van der Waals surface area (Å²) in [5, 5.41) is 9.49. The van der Waals surface area contributed by atoms with Gasteiger partial charge in [-0.2, -0.15) is 0 Å². The molecule has 0 aromatic heterocycles. The van der Waals surface area contributed by atoms with Crippen LogP contribution in [0, 0.1) is 0 Å². The Morgan fingerprint density at radius 2 is 0.829 bits per heavy atom. The van der Waals surface area contributed by atoms with Crippen molar-refractivity contribution in [2.24, 2.45) is 0 Å². The Hall–Kier alpha value is 0.460. The molecule has 0 bridgehead atoms. The molecule has 35 heavy (non-hydrogen) atoms. The molecule has 0 rings (SSSR count). The van der Waals surface area contributed by atoms with E-state index >= 15 is 0 Å². The molecule has 0 atom stereocenters. The predicted octanol–water partition coefficient (Wildman–Crippen LogP) is 6.13. The van der Waals surface area contributed by atoms with E-state index in [1.165, 1.54) is 122 Å². The Bertz CT molecular complexity index is 377. The van der Waals surface area contributed by atoms with Crippen molar-refractivity contribution in [3.05, 3.63) is 12.2 Å². The number of allylic oxidation sites excluding steroid dienone is 2. The maximum Gasteiger partial charge on any atom is 1.00 e. The van der Waals surface area contributed by atoms with Crippen LogP contribution < -0.4 is 34.7 Å². The van der Waals surface area contributed by atoms with Gasteiger partial charge in [0, 0.05) is 5.97 Å². The van der Waals surface area contributed by atoms with Crippen molar-refractivity contribution >= 4 is 18.4 Å². The van der Waals surface area contributed by atoms with Crippen molar-refractivity contribution in [2.75, 3.05) is 21.1 Å². The normalized spacial score (nSPS) is 10.0. The molecular weight excluding hydrogens is 465 g/mol. The SMILES string of the molecule is CCCC(=O)[O-].CCCCCCCC/C=C\CCCCCCCCCCCCC.CN(C)C.Cl.[Na+]. The van der Waals surface area contributed by atoms with Gasteiger partial charge < -0.3 is 14.8 Å². The minimum atomic E-state index is -0.961. The second kappa shape index (κ2) is 44.5. The van der Waals surface area contributed by atoms with Crippen LogP contribution in [0.15, 0.2) is 12.2 Å². The number of rotatable bonds is 21. The van der Waals surface area contributed by atoms with Crippen LogP contribution in [-0.2, 0) is 4.79 Å². The number of carboxylic acid groups (broad SMARTS) is 1. The average molecular weight is 528 g/mol. The molecule has 5 heteroatoms. The molecule has 0 aliphatic carbocycles. The molecule has 0 fully saturated rings.